The van der Waals surface area contributed by atoms with Crippen LogP contribution < -0.4 is 0 Å². The fourth-order valence-corrected chi connectivity index (χ4v) is 3.75. The Hall–Kier alpha value is -0.0500. The summed E-state index contributed by atoms with van der Waals surface area (Å²) in [6.45, 7) is 4.50. The Morgan fingerprint density at radius 3 is 1.73 bits per heavy atom. The molecule has 26 heavy (non-hydrogen) atoms. The molecule has 3 heteroatoms. The van der Waals surface area contributed by atoms with Gasteiger partial charge in [-0.15, -0.1) is 0 Å². The summed E-state index contributed by atoms with van der Waals surface area (Å²) in [5.41, 5.74) is 0. The van der Waals surface area contributed by atoms with Gasteiger partial charge in [0.15, 0.2) is 0 Å². The lowest BCUT2D eigenvalue weighted by molar-refractivity contribution is -0.150. The molecule has 0 spiro atoms. The predicted molar refractivity (Wildman–Crippen MR) is 118 cm³/mol. The normalized spacial score (nSPS) is 12.3. The van der Waals surface area contributed by atoms with Crippen molar-refractivity contribution in [3.05, 3.63) is 0 Å². The highest BCUT2D eigenvalue weighted by Crippen LogP contribution is 2.17. The van der Waals surface area contributed by atoms with E-state index in [9.17, 15) is 4.79 Å². The zero-order valence-corrected chi connectivity index (χ0v) is 19.3. The minimum absolute atomic E-state index is 0.0345. The Kier molecular flexibility index (Phi) is 21.2. The smallest absolute Gasteiger partial charge is 0.306 e. The number of carbonyl (C=O) groups is 1. The number of esters is 1. The van der Waals surface area contributed by atoms with Crippen LogP contribution in [0.1, 0.15) is 129 Å². The summed E-state index contributed by atoms with van der Waals surface area (Å²) in [5.74, 6) is 0.0345. The van der Waals surface area contributed by atoms with E-state index < -0.39 is 0 Å². The van der Waals surface area contributed by atoms with Gasteiger partial charge >= 0.3 is 5.97 Å². The molecular weight excluding hydrogens is 388 g/mol. The molecule has 0 rings (SSSR count). The molecule has 0 aromatic carbocycles. The molecule has 156 valence electrons. The second kappa shape index (κ2) is 21.3. The van der Waals surface area contributed by atoms with Gasteiger partial charge in [-0.25, -0.2) is 0 Å². The van der Waals surface area contributed by atoms with Crippen LogP contribution in [-0.2, 0) is 9.53 Å². The van der Waals surface area contributed by atoms with Gasteiger partial charge in [-0.05, 0) is 38.5 Å². The van der Waals surface area contributed by atoms with Crippen molar-refractivity contribution < 1.29 is 9.53 Å². The Morgan fingerprint density at radius 2 is 1.15 bits per heavy atom. The lowest BCUT2D eigenvalue weighted by Gasteiger charge is -2.18. The zero-order valence-electron chi connectivity index (χ0n) is 17.7. The van der Waals surface area contributed by atoms with Crippen LogP contribution in [0.15, 0.2) is 0 Å². The molecule has 0 fully saturated rings. The average molecular weight is 434 g/mol. The molecule has 0 radical (unpaired) electrons. The molecule has 0 aliphatic rings. The van der Waals surface area contributed by atoms with Crippen LogP contribution >= 0.6 is 15.9 Å². The van der Waals surface area contributed by atoms with E-state index in [1.54, 1.807) is 0 Å². The summed E-state index contributed by atoms with van der Waals surface area (Å²) in [6, 6.07) is 0. The fourth-order valence-electron chi connectivity index (χ4n) is 3.35. The number of rotatable bonds is 20. The fraction of sp³-hybridized carbons (Fsp3) is 0.957. The molecule has 0 heterocycles. The number of hydrogen-bond donors (Lipinski definition) is 0. The van der Waals surface area contributed by atoms with Crippen molar-refractivity contribution >= 4 is 21.9 Å². The number of halogens is 1. The number of unbranched alkanes of at least 4 members (excludes halogenated alkanes) is 12. The Bertz CT molecular complexity index is 294. The van der Waals surface area contributed by atoms with Crippen molar-refractivity contribution in [3.8, 4) is 0 Å². The van der Waals surface area contributed by atoms with Gasteiger partial charge in [-0.1, -0.05) is 100 Å². The van der Waals surface area contributed by atoms with Crippen LogP contribution in [0.4, 0.5) is 0 Å². The molecule has 0 saturated carbocycles. The Balaban J connectivity index is 3.94. The molecule has 1 atom stereocenters. The monoisotopic (exact) mass is 432 g/mol. The predicted octanol–water partition coefficient (Wildman–Crippen LogP) is 8.35. The van der Waals surface area contributed by atoms with Gasteiger partial charge in [0.1, 0.15) is 6.10 Å². The van der Waals surface area contributed by atoms with E-state index in [1.165, 1.54) is 83.5 Å². The van der Waals surface area contributed by atoms with Gasteiger partial charge in [-0.2, -0.15) is 0 Å². The lowest BCUT2D eigenvalue weighted by Crippen LogP contribution is -2.18. The van der Waals surface area contributed by atoms with Gasteiger partial charge < -0.3 is 4.74 Å². The van der Waals surface area contributed by atoms with E-state index in [1.807, 2.05) is 0 Å². The standard InChI is InChI=1S/C23H45BrO2/c1-3-5-7-9-10-11-15-19-22(18-14-8-6-4-2)26-23(25)20-16-12-13-17-21-24/h22H,3-21H2,1-2H3. The quantitative estimate of drug-likeness (QED) is 0.110. The van der Waals surface area contributed by atoms with Crippen LogP contribution in [0.5, 0.6) is 0 Å². The van der Waals surface area contributed by atoms with Crippen molar-refractivity contribution in [1.29, 1.82) is 0 Å². The number of ether oxygens (including phenoxy) is 1. The molecule has 0 aliphatic heterocycles. The van der Waals surface area contributed by atoms with Crippen molar-refractivity contribution in [2.45, 2.75) is 136 Å². The van der Waals surface area contributed by atoms with Crippen LogP contribution in [0.3, 0.4) is 0 Å². The summed E-state index contributed by atoms with van der Waals surface area (Å²) in [5, 5.41) is 1.07. The van der Waals surface area contributed by atoms with Crippen molar-refractivity contribution in [3.63, 3.8) is 0 Å². The van der Waals surface area contributed by atoms with Crippen molar-refractivity contribution in [1.82, 2.24) is 0 Å². The number of carbonyl (C=O) groups excluding carboxylic acids is 1. The number of alkyl halides is 1. The van der Waals surface area contributed by atoms with E-state index in [0.29, 0.717) is 6.42 Å². The molecule has 0 amide bonds. The Morgan fingerprint density at radius 1 is 0.692 bits per heavy atom. The number of hydrogen-bond acceptors (Lipinski definition) is 2. The summed E-state index contributed by atoms with van der Waals surface area (Å²) in [6.07, 6.45) is 21.7. The van der Waals surface area contributed by atoms with Gasteiger partial charge in [0.2, 0.25) is 0 Å². The van der Waals surface area contributed by atoms with Crippen LogP contribution in [0, 0.1) is 0 Å². The molecule has 0 aromatic rings. The third kappa shape index (κ3) is 18.7. The maximum absolute atomic E-state index is 12.2. The Labute approximate surface area is 172 Å². The maximum atomic E-state index is 12.2. The average Bonchev–Trinajstić information content (AvgIpc) is 2.64. The third-order valence-electron chi connectivity index (χ3n) is 5.07. The largest absolute Gasteiger partial charge is 0.462 e. The summed E-state index contributed by atoms with van der Waals surface area (Å²) in [4.78, 5) is 12.2. The van der Waals surface area contributed by atoms with Crippen molar-refractivity contribution in [2.75, 3.05) is 5.33 Å². The maximum Gasteiger partial charge on any atom is 0.306 e. The van der Waals surface area contributed by atoms with E-state index >= 15 is 0 Å². The molecule has 0 N–H and O–H groups in total. The van der Waals surface area contributed by atoms with Gasteiger partial charge in [0, 0.05) is 11.8 Å². The highest BCUT2D eigenvalue weighted by molar-refractivity contribution is 9.09. The second-order valence-corrected chi connectivity index (χ2v) is 8.52. The molecule has 1 unspecified atom stereocenters. The van der Waals surface area contributed by atoms with Gasteiger partial charge in [-0.3, -0.25) is 4.79 Å². The molecule has 2 nitrogen and oxygen atoms in total. The second-order valence-electron chi connectivity index (χ2n) is 7.72. The van der Waals surface area contributed by atoms with E-state index in [0.717, 1.165) is 31.0 Å². The molecular formula is C23H45BrO2. The first-order valence-corrected chi connectivity index (χ1v) is 12.6. The van der Waals surface area contributed by atoms with Gasteiger partial charge in [0.25, 0.3) is 0 Å². The lowest BCUT2D eigenvalue weighted by atomic mass is 10.0. The highest BCUT2D eigenvalue weighted by atomic mass is 79.9. The minimum Gasteiger partial charge on any atom is -0.462 e. The van der Waals surface area contributed by atoms with E-state index in [4.69, 9.17) is 4.74 Å². The SMILES string of the molecule is CCCCCCCCCC(CCCCCC)OC(=O)CCCCCCBr. The topological polar surface area (TPSA) is 26.3 Å². The van der Waals surface area contributed by atoms with Crippen LogP contribution in [0.2, 0.25) is 0 Å². The van der Waals surface area contributed by atoms with Crippen LogP contribution in [-0.4, -0.2) is 17.4 Å². The summed E-state index contributed by atoms with van der Waals surface area (Å²) < 4.78 is 5.83. The first-order chi connectivity index (χ1) is 12.7. The van der Waals surface area contributed by atoms with Gasteiger partial charge in [0.05, 0.1) is 0 Å². The summed E-state index contributed by atoms with van der Waals surface area (Å²) >= 11 is 3.45. The van der Waals surface area contributed by atoms with Crippen LogP contribution in [0.25, 0.3) is 0 Å². The zero-order chi connectivity index (χ0) is 19.3. The minimum atomic E-state index is 0.0345. The van der Waals surface area contributed by atoms with Crippen molar-refractivity contribution in [2.24, 2.45) is 0 Å². The van der Waals surface area contributed by atoms with E-state index in [2.05, 4.69) is 29.8 Å². The molecule has 0 aromatic heterocycles. The highest BCUT2D eigenvalue weighted by Gasteiger charge is 2.14. The third-order valence-corrected chi connectivity index (χ3v) is 5.63. The molecule has 0 bridgehead atoms. The molecule has 0 saturated heterocycles. The first kappa shape index (κ1) is 26.0. The molecule has 0 aliphatic carbocycles. The van der Waals surface area contributed by atoms with E-state index in [-0.39, 0.29) is 12.1 Å². The summed E-state index contributed by atoms with van der Waals surface area (Å²) in [7, 11) is 0. The first-order valence-electron chi connectivity index (χ1n) is 11.5.